The minimum Gasteiger partial charge on any atom is -0.491 e. The average molecular weight is 311 g/mol. The summed E-state index contributed by atoms with van der Waals surface area (Å²) in [6.07, 6.45) is 0.872. The molecule has 0 aromatic heterocycles. The molecule has 0 radical (unpaired) electrons. The number of nitrogens with zero attached hydrogens (tertiary/aromatic N) is 1. The summed E-state index contributed by atoms with van der Waals surface area (Å²) in [5.41, 5.74) is 1.12. The Kier molecular flexibility index (Phi) is 5.27. The second-order valence-electron chi connectivity index (χ2n) is 5.89. The Morgan fingerprint density at radius 2 is 2.05 bits per heavy atom. The van der Waals surface area contributed by atoms with Gasteiger partial charge in [-0.1, -0.05) is 25.1 Å². The molecule has 2 rings (SSSR count). The summed E-state index contributed by atoms with van der Waals surface area (Å²) in [5.74, 6) is 1.50. The molecule has 1 saturated heterocycles. The summed E-state index contributed by atoms with van der Waals surface area (Å²) in [6, 6.07) is 8.14. The van der Waals surface area contributed by atoms with Crippen LogP contribution >= 0.6 is 0 Å². The Morgan fingerprint density at radius 3 is 2.62 bits per heavy atom. The molecule has 0 N–H and O–H groups in total. The number of sulfone groups is 1. The van der Waals surface area contributed by atoms with Crippen LogP contribution in [-0.4, -0.2) is 43.5 Å². The van der Waals surface area contributed by atoms with E-state index in [9.17, 15) is 8.42 Å². The molecule has 0 bridgehead atoms. The first kappa shape index (κ1) is 16.3. The highest BCUT2D eigenvalue weighted by Crippen LogP contribution is 2.25. The highest BCUT2D eigenvalue weighted by molar-refractivity contribution is 7.91. The van der Waals surface area contributed by atoms with Gasteiger partial charge >= 0.3 is 0 Å². The van der Waals surface area contributed by atoms with Gasteiger partial charge in [-0.25, -0.2) is 8.42 Å². The van der Waals surface area contributed by atoms with Crippen molar-refractivity contribution in [2.24, 2.45) is 0 Å². The van der Waals surface area contributed by atoms with Gasteiger partial charge in [0.15, 0.2) is 9.84 Å². The first-order chi connectivity index (χ1) is 9.91. The van der Waals surface area contributed by atoms with Gasteiger partial charge in [0.2, 0.25) is 0 Å². The predicted octanol–water partition coefficient (Wildman–Crippen LogP) is 2.48. The van der Waals surface area contributed by atoms with E-state index in [-0.39, 0.29) is 17.9 Å². The van der Waals surface area contributed by atoms with Crippen LogP contribution in [0.2, 0.25) is 0 Å². The van der Waals surface area contributed by atoms with Crippen molar-refractivity contribution in [2.75, 3.05) is 18.1 Å². The van der Waals surface area contributed by atoms with E-state index in [0.29, 0.717) is 5.75 Å². The number of para-hydroxylation sites is 1. The standard InChI is InChI=1S/C16H25NO3S/c1-4-17(15-9-10-21(18,19)12-15)11-14-7-5-6-8-16(14)20-13(2)3/h5-8,13,15H,4,9-12H2,1-3H3. The van der Waals surface area contributed by atoms with Crippen LogP contribution in [0.4, 0.5) is 0 Å². The molecule has 1 atom stereocenters. The number of hydrogen-bond donors (Lipinski definition) is 0. The van der Waals surface area contributed by atoms with E-state index >= 15 is 0 Å². The third kappa shape index (κ3) is 4.45. The Labute approximate surface area is 128 Å². The largest absolute Gasteiger partial charge is 0.491 e. The van der Waals surface area contributed by atoms with Crippen LogP contribution < -0.4 is 4.74 Å². The topological polar surface area (TPSA) is 46.6 Å². The van der Waals surface area contributed by atoms with Crippen molar-refractivity contribution in [3.8, 4) is 5.75 Å². The van der Waals surface area contributed by atoms with E-state index in [1.807, 2.05) is 32.0 Å². The van der Waals surface area contributed by atoms with Gasteiger partial charge in [-0.2, -0.15) is 0 Å². The Balaban J connectivity index is 2.12. The van der Waals surface area contributed by atoms with Gasteiger partial charge in [0, 0.05) is 18.2 Å². The fraction of sp³-hybridized carbons (Fsp3) is 0.625. The fourth-order valence-corrected chi connectivity index (χ4v) is 4.55. The van der Waals surface area contributed by atoms with Gasteiger partial charge in [-0.3, -0.25) is 4.90 Å². The maximum Gasteiger partial charge on any atom is 0.151 e. The molecule has 1 aromatic rings. The lowest BCUT2D eigenvalue weighted by Gasteiger charge is -2.27. The number of rotatable bonds is 6. The van der Waals surface area contributed by atoms with E-state index in [0.717, 1.165) is 30.8 Å². The van der Waals surface area contributed by atoms with E-state index in [2.05, 4.69) is 17.9 Å². The second kappa shape index (κ2) is 6.79. The number of ether oxygens (including phenoxy) is 1. The van der Waals surface area contributed by atoms with Crippen LogP contribution in [0.15, 0.2) is 24.3 Å². The minimum absolute atomic E-state index is 0.132. The SMILES string of the molecule is CCN(Cc1ccccc1OC(C)C)C1CCS(=O)(=O)C1. The molecule has 0 saturated carbocycles. The zero-order chi connectivity index (χ0) is 15.5. The smallest absolute Gasteiger partial charge is 0.151 e. The molecular weight excluding hydrogens is 286 g/mol. The Morgan fingerprint density at radius 1 is 1.33 bits per heavy atom. The van der Waals surface area contributed by atoms with Gasteiger partial charge in [-0.15, -0.1) is 0 Å². The summed E-state index contributed by atoms with van der Waals surface area (Å²) in [6.45, 7) is 7.68. The summed E-state index contributed by atoms with van der Waals surface area (Å²) in [7, 11) is -2.84. The molecule has 1 fully saturated rings. The van der Waals surface area contributed by atoms with Crippen molar-refractivity contribution in [3.05, 3.63) is 29.8 Å². The first-order valence-corrected chi connectivity index (χ1v) is 9.42. The third-order valence-electron chi connectivity index (χ3n) is 3.84. The summed E-state index contributed by atoms with van der Waals surface area (Å²) in [5, 5.41) is 0. The van der Waals surface area contributed by atoms with Crippen LogP contribution in [-0.2, 0) is 16.4 Å². The molecule has 1 aliphatic heterocycles. The van der Waals surface area contributed by atoms with E-state index < -0.39 is 9.84 Å². The molecule has 0 amide bonds. The van der Waals surface area contributed by atoms with Crippen molar-refractivity contribution < 1.29 is 13.2 Å². The molecule has 0 spiro atoms. The lowest BCUT2D eigenvalue weighted by Crippen LogP contribution is -2.35. The van der Waals surface area contributed by atoms with Crippen LogP contribution in [0.3, 0.4) is 0 Å². The van der Waals surface area contributed by atoms with Crippen molar-refractivity contribution in [1.29, 1.82) is 0 Å². The molecule has 21 heavy (non-hydrogen) atoms. The van der Waals surface area contributed by atoms with Gasteiger partial charge in [0.25, 0.3) is 0 Å². The van der Waals surface area contributed by atoms with Gasteiger partial charge in [0.05, 0.1) is 17.6 Å². The molecule has 1 unspecified atom stereocenters. The van der Waals surface area contributed by atoms with Gasteiger partial charge in [0.1, 0.15) is 5.75 Å². The molecule has 1 aliphatic rings. The lowest BCUT2D eigenvalue weighted by atomic mass is 10.1. The van der Waals surface area contributed by atoms with Crippen LogP contribution in [0.5, 0.6) is 5.75 Å². The molecular formula is C16H25NO3S. The lowest BCUT2D eigenvalue weighted by molar-refractivity contribution is 0.202. The normalized spacial score (nSPS) is 21.1. The molecule has 5 heteroatoms. The molecule has 1 heterocycles. The van der Waals surface area contributed by atoms with E-state index in [4.69, 9.17) is 4.74 Å². The molecule has 1 aromatic carbocycles. The van der Waals surface area contributed by atoms with E-state index in [1.54, 1.807) is 0 Å². The quantitative estimate of drug-likeness (QED) is 0.810. The maximum atomic E-state index is 11.7. The van der Waals surface area contributed by atoms with Crippen molar-refractivity contribution >= 4 is 9.84 Å². The zero-order valence-electron chi connectivity index (χ0n) is 13.1. The highest BCUT2D eigenvalue weighted by Gasteiger charge is 2.31. The van der Waals surface area contributed by atoms with Crippen molar-refractivity contribution in [3.63, 3.8) is 0 Å². The van der Waals surface area contributed by atoms with Crippen molar-refractivity contribution in [1.82, 2.24) is 4.90 Å². The molecule has 118 valence electrons. The second-order valence-corrected chi connectivity index (χ2v) is 8.12. The monoisotopic (exact) mass is 311 g/mol. The molecule has 0 aliphatic carbocycles. The number of hydrogen-bond acceptors (Lipinski definition) is 4. The zero-order valence-corrected chi connectivity index (χ0v) is 13.9. The first-order valence-electron chi connectivity index (χ1n) is 7.60. The Hall–Kier alpha value is -1.07. The van der Waals surface area contributed by atoms with Gasteiger partial charge in [-0.05, 0) is 32.9 Å². The van der Waals surface area contributed by atoms with Gasteiger partial charge < -0.3 is 4.74 Å². The molecule has 4 nitrogen and oxygen atoms in total. The van der Waals surface area contributed by atoms with Crippen LogP contribution in [0.1, 0.15) is 32.8 Å². The maximum absolute atomic E-state index is 11.7. The summed E-state index contributed by atoms with van der Waals surface area (Å²) < 4.78 is 29.2. The highest BCUT2D eigenvalue weighted by atomic mass is 32.2. The predicted molar refractivity (Wildman–Crippen MR) is 85.3 cm³/mol. The Bertz CT molecular complexity index is 569. The minimum atomic E-state index is -2.84. The number of benzene rings is 1. The van der Waals surface area contributed by atoms with E-state index in [1.165, 1.54) is 0 Å². The van der Waals surface area contributed by atoms with Crippen LogP contribution in [0, 0.1) is 0 Å². The van der Waals surface area contributed by atoms with Crippen molar-refractivity contribution in [2.45, 2.75) is 45.9 Å². The van der Waals surface area contributed by atoms with Crippen LogP contribution in [0.25, 0.3) is 0 Å². The summed E-state index contributed by atoms with van der Waals surface area (Å²) in [4.78, 5) is 2.24. The average Bonchev–Trinajstić information content (AvgIpc) is 2.77. The fourth-order valence-electron chi connectivity index (χ4n) is 2.78. The summed E-state index contributed by atoms with van der Waals surface area (Å²) >= 11 is 0. The third-order valence-corrected chi connectivity index (χ3v) is 5.59.